The van der Waals surface area contributed by atoms with Crippen LogP contribution in [0.4, 0.5) is 0 Å². The summed E-state index contributed by atoms with van der Waals surface area (Å²) >= 11 is 0. The molecule has 3 rings (SSSR count). The van der Waals surface area contributed by atoms with Gasteiger partial charge in [0.2, 0.25) is 0 Å². The van der Waals surface area contributed by atoms with E-state index >= 15 is 0 Å². The fourth-order valence-electron chi connectivity index (χ4n) is 2.32. The van der Waals surface area contributed by atoms with E-state index in [4.69, 9.17) is 0 Å². The fraction of sp³-hybridized carbons (Fsp3) is 0.333. The van der Waals surface area contributed by atoms with Gasteiger partial charge in [-0.1, -0.05) is 13.0 Å². The van der Waals surface area contributed by atoms with Crippen LogP contribution in [0.3, 0.4) is 0 Å². The Balaban J connectivity index is 2.18. The molecule has 0 atom stereocenters. The standard InChI is InChI=1S/C15H16N2/c1-2-11-9-16-10-13(12-6-7-12)15(11)14-5-3-4-8-17-14/h3-5,8-10,12H,2,6-7H2,1H3. The van der Waals surface area contributed by atoms with Crippen LogP contribution >= 0.6 is 0 Å². The van der Waals surface area contributed by atoms with Gasteiger partial charge in [-0.25, -0.2) is 0 Å². The lowest BCUT2D eigenvalue weighted by molar-refractivity contribution is 1.03. The monoisotopic (exact) mass is 224 g/mol. The summed E-state index contributed by atoms with van der Waals surface area (Å²) in [6.07, 6.45) is 9.49. The first-order chi connectivity index (χ1) is 8.40. The molecule has 0 saturated heterocycles. The summed E-state index contributed by atoms with van der Waals surface area (Å²) in [4.78, 5) is 8.88. The van der Waals surface area contributed by atoms with Crippen molar-refractivity contribution in [2.45, 2.75) is 32.1 Å². The zero-order valence-corrected chi connectivity index (χ0v) is 10.1. The van der Waals surface area contributed by atoms with Gasteiger partial charge in [0.15, 0.2) is 0 Å². The summed E-state index contributed by atoms with van der Waals surface area (Å²) in [7, 11) is 0. The summed E-state index contributed by atoms with van der Waals surface area (Å²) in [5.41, 5.74) is 5.12. The third-order valence-corrected chi connectivity index (χ3v) is 3.37. The molecule has 0 spiro atoms. The van der Waals surface area contributed by atoms with Crippen molar-refractivity contribution in [2.75, 3.05) is 0 Å². The van der Waals surface area contributed by atoms with Crippen LogP contribution < -0.4 is 0 Å². The Bertz CT molecular complexity index is 516. The molecule has 1 saturated carbocycles. The average Bonchev–Trinajstić information content (AvgIpc) is 3.23. The molecule has 2 heterocycles. The number of hydrogen-bond acceptors (Lipinski definition) is 2. The van der Waals surface area contributed by atoms with Gasteiger partial charge in [-0.3, -0.25) is 9.97 Å². The first kappa shape index (κ1) is 10.5. The molecule has 0 aromatic carbocycles. The van der Waals surface area contributed by atoms with Gasteiger partial charge in [-0.15, -0.1) is 0 Å². The number of pyridine rings is 2. The molecule has 1 aliphatic carbocycles. The van der Waals surface area contributed by atoms with Crippen molar-refractivity contribution in [1.29, 1.82) is 0 Å². The number of aromatic nitrogens is 2. The summed E-state index contributed by atoms with van der Waals surface area (Å²) in [6, 6.07) is 6.12. The normalized spacial score (nSPS) is 14.9. The molecule has 0 unspecified atom stereocenters. The van der Waals surface area contributed by atoms with E-state index in [2.05, 4.69) is 29.0 Å². The molecule has 1 fully saturated rings. The fourth-order valence-corrected chi connectivity index (χ4v) is 2.32. The van der Waals surface area contributed by atoms with Crippen LogP contribution in [-0.2, 0) is 6.42 Å². The van der Waals surface area contributed by atoms with Crippen molar-refractivity contribution >= 4 is 0 Å². The van der Waals surface area contributed by atoms with Crippen molar-refractivity contribution in [3.05, 3.63) is 47.9 Å². The van der Waals surface area contributed by atoms with Gasteiger partial charge in [0.05, 0.1) is 5.69 Å². The largest absolute Gasteiger partial charge is 0.264 e. The smallest absolute Gasteiger partial charge is 0.0708 e. The molecule has 2 aromatic heterocycles. The molecule has 0 amide bonds. The molecule has 0 radical (unpaired) electrons. The van der Waals surface area contributed by atoms with Crippen LogP contribution in [0, 0.1) is 0 Å². The van der Waals surface area contributed by atoms with Crippen LogP contribution in [0.15, 0.2) is 36.8 Å². The Hall–Kier alpha value is -1.70. The third kappa shape index (κ3) is 1.95. The molecule has 2 nitrogen and oxygen atoms in total. The van der Waals surface area contributed by atoms with Crippen LogP contribution in [0.2, 0.25) is 0 Å². The highest BCUT2D eigenvalue weighted by molar-refractivity contribution is 5.68. The number of hydrogen-bond donors (Lipinski definition) is 0. The summed E-state index contributed by atoms with van der Waals surface area (Å²) in [5, 5.41) is 0. The van der Waals surface area contributed by atoms with E-state index in [1.807, 2.05) is 24.7 Å². The zero-order chi connectivity index (χ0) is 11.7. The van der Waals surface area contributed by atoms with Crippen LogP contribution in [0.1, 0.15) is 36.8 Å². The number of rotatable bonds is 3. The van der Waals surface area contributed by atoms with Crippen molar-refractivity contribution in [2.24, 2.45) is 0 Å². The molecule has 0 aliphatic heterocycles. The Kier molecular flexibility index (Phi) is 2.63. The van der Waals surface area contributed by atoms with E-state index in [0.29, 0.717) is 5.92 Å². The van der Waals surface area contributed by atoms with Gasteiger partial charge in [-0.2, -0.15) is 0 Å². The van der Waals surface area contributed by atoms with Gasteiger partial charge in [0, 0.05) is 24.2 Å². The Morgan fingerprint density at radius 2 is 2.12 bits per heavy atom. The molecule has 0 bridgehead atoms. The maximum Gasteiger partial charge on any atom is 0.0708 e. The molecular formula is C15H16N2. The lowest BCUT2D eigenvalue weighted by Gasteiger charge is -2.12. The molecule has 1 aliphatic rings. The average molecular weight is 224 g/mol. The summed E-state index contributed by atoms with van der Waals surface area (Å²) < 4.78 is 0. The molecular weight excluding hydrogens is 208 g/mol. The third-order valence-electron chi connectivity index (χ3n) is 3.37. The van der Waals surface area contributed by atoms with Crippen molar-refractivity contribution in [3.8, 4) is 11.3 Å². The van der Waals surface area contributed by atoms with Crippen LogP contribution in [0.25, 0.3) is 11.3 Å². The summed E-state index contributed by atoms with van der Waals surface area (Å²) in [6.45, 7) is 2.18. The molecule has 17 heavy (non-hydrogen) atoms. The minimum absolute atomic E-state index is 0.714. The quantitative estimate of drug-likeness (QED) is 0.796. The highest BCUT2D eigenvalue weighted by Gasteiger charge is 2.28. The van der Waals surface area contributed by atoms with Crippen molar-refractivity contribution in [3.63, 3.8) is 0 Å². The van der Waals surface area contributed by atoms with Crippen LogP contribution in [-0.4, -0.2) is 9.97 Å². The topological polar surface area (TPSA) is 25.8 Å². The maximum absolute atomic E-state index is 4.50. The first-order valence-corrected chi connectivity index (χ1v) is 6.28. The van der Waals surface area contributed by atoms with Crippen molar-refractivity contribution in [1.82, 2.24) is 9.97 Å². The molecule has 86 valence electrons. The number of nitrogens with zero attached hydrogens (tertiary/aromatic N) is 2. The summed E-state index contributed by atoms with van der Waals surface area (Å²) in [5.74, 6) is 0.714. The van der Waals surface area contributed by atoms with E-state index in [1.54, 1.807) is 0 Å². The number of aryl methyl sites for hydroxylation is 1. The van der Waals surface area contributed by atoms with Crippen molar-refractivity contribution < 1.29 is 0 Å². The van der Waals surface area contributed by atoms with E-state index < -0.39 is 0 Å². The Labute approximate surface area is 102 Å². The van der Waals surface area contributed by atoms with Gasteiger partial charge in [0.1, 0.15) is 0 Å². The Morgan fingerprint density at radius 3 is 2.76 bits per heavy atom. The van der Waals surface area contributed by atoms with E-state index in [-0.39, 0.29) is 0 Å². The van der Waals surface area contributed by atoms with Gasteiger partial charge in [-0.05, 0) is 48.4 Å². The Morgan fingerprint density at radius 1 is 1.24 bits per heavy atom. The van der Waals surface area contributed by atoms with Gasteiger partial charge < -0.3 is 0 Å². The lowest BCUT2D eigenvalue weighted by atomic mass is 9.96. The zero-order valence-electron chi connectivity index (χ0n) is 10.1. The molecule has 2 heteroatoms. The van der Waals surface area contributed by atoms with Crippen LogP contribution in [0.5, 0.6) is 0 Å². The van der Waals surface area contributed by atoms with Gasteiger partial charge >= 0.3 is 0 Å². The van der Waals surface area contributed by atoms with E-state index in [9.17, 15) is 0 Å². The minimum atomic E-state index is 0.714. The second-order valence-electron chi connectivity index (χ2n) is 4.61. The minimum Gasteiger partial charge on any atom is -0.264 e. The van der Waals surface area contributed by atoms with E-state index in [1.165, 1.54) is 29.5 Å². The first-order valence-electron chi connectivity index (χ1n) is 6.28. The molecule has 2 aromatic rings. The van der Waals surface area contributed by atoms with E-state index in [0.717, 1.165) is 12.1 Å². The predicted molar refractivity (Wildman–Crippen MR) is 68.8 cm³/mol. The predicted octanol–water partition coefficient (Wildman–Crippen LogP) is 3.58. The highest BCUT2D eigenvalue weighted by atomic mass is 14.7. The second-order valence-corrected chi connectivity index (χ2v) is 4.61. The second kappa shape index (κ2) is 4.28. The molecule has 0 N–H and O–H groups in total. The maximum atomic E-state index is 4.50. The SMILES string of the molecule is CCc1cncc(C2CC2)c1-c1ccccn1. The highest BCUT2D eigenvalue weighted by Crippen LogP contribution is 2.44. The lowest BCUT2D eigenvalue weighted by Crippen LogP contribution is -1.97. The van der Waals surface area contributed by atoms with Gasteiger partial charge in [0.25, 0.3) is 0 Å².